The van der Waals surface area contributed by atoms with Crippen molar-refractivity contribution in [3.05, 3.63) is 29.8 Å². The monoisotopic (exact) mass is 276 g/mol. The molecule has 0 bridgehead atoms. The predicted octanol–water partition coefficient (Wildman–Crippen LogP) is 2.85. The second-order valence-electron chi connectivity index (χ2n) is 5.58. The molecule has 0 saturated heterocycles. The lowest BCUT2D eigenvalue weighted by Crippen LogP contribution is -2.33. The Kier molecular flexibility index (Phi) is 5.15. The number of benzene rings is 1. The molecule has 4 nitrogen and oxygen atoms in total. The van der Waals surface area contributed by atoms with Gasteiger partial charge in [0.05, 0.1) is 6.10 Å². The van der Waals surface area contributed by atoms with Crippen LogP contribution in [0.4, 0.5) is 5.69 Å². The number of hydrogen-bond acceptors (Lipinski definition) is 3. The molecule has 0 aliphatic heterocycles. The standard InChI is InChI=1S/C16H24N2O2/c1-3-20-15-7-12(8-15)9-16(19)18-14-6-4-5-13(10-14)11(2)17/h4-6,10-12,15H,3,7-9,17H2,1-2H3,(H,18,19). The Hall–Kier alpha value is -1.39. The van der Waals surface area contributed by atoms with Crippen molar-refractivity contribution in [2.24, 2.45) is 11.7 Å². The summed E-state index contributed by atoms with van der Waals surface area (Å²) in [6, 6.07) is 7.70. The third-order valence-electron chi connectivity index (χ3n) is 3.77. The largest absolute Gasteiger partial charge is 0.378 e. The number of rotatable bonds is 6. The molecule has 1 atom stereocenters. The molecule has 1 aliphatic rings. The number of nitrogens with one attached hydrogen (secondary N) is 1. The van der Waals surface area contributed by atoms with Gasteiger partial charge >= 0.3 is 0 Å². The molecule has 0 spiro atoms. The molecule has 0 heterocycles. The van der Waals surface area contributed by atoms with Gasteiger partial charge in [0.15, 0.2) is 0 Å². The first kappa shape index (κ1) is 15.0. The fourth-order valence-electron chi connectivity index (χ4n) is 2.59. The van der Waals surface area contributed by atoms with Crippen LogP contribution in [-0.2, 0) is 9.53 Å². The summed E-state index contributed by atoms with van der Waals surface area (Å²) >= 11 is 0. The zero-order chi connectivity index (χ0) is 14.5. The fourth-order valence-corrected chi connectivity index (χ4v) is 2.59. The van der Waals surface area contributed by atoms with Gasteiger partial charge < -0.3 is 15.8 Å². The minimum absolute atomic E-state index is 0.0227. The highest BCUT2D eigenvalue weighted by molar-refractivity contribution is 5.91. The number of carbonyl (C=O) groups is 1. The van der Waals surface area contributed by atoms with Crippen LogP contribution in [0.2, 0.25) is 0 Å². The van der Waals surface area contributed by atoms with Gasteiger partial charge in [-0.3, -0.25) is 4.79 Å². The van der Waals surface area contributed by atoms with Gasteiger partial charge in [-0.05, 0) is 50.3 Å². The molecule has 1 aromatic rings. The van der Waals surface area contributed by atoms with Crippen molar-refractivity contribution in [2.75, 3.05) is 11.9 Å². The number of anilines is 1. The normalized spacial score (nSPS) is 22.9. The van der Waals surface area contributed by atoms with Crippen LogP contribution in [0, 0.1) is 5.92 Å². The van der Waals surface area contributed by atoms with Gasteiger partial charge in [-0.2, -0.15) is 0 Å². The molecule has 20 heavy (non-hydrogen) atoms. The lowest BCUT2D eigenvalue weighted by Gasteiger charge is -2.34. The van der Waals surface area contributed by atoms with Crippen LogP contribution in [0.3, 0.4) is 0 Å². The van der Waals surface area contributed by atoms with Gasteiger partial charge in [0.25, 0.3) is 0 Å². The molecule has 110 valence electrons. The molecule has 0 aromatic heterocycles. The van der Waals surface area contributed by atoms with Gasteiger partial charge in [0.1, 0.15) is 0 Å². The maximum absolute atomic E-state index is 12.0. The summed E-state index contributed by atoms with van der Waals surface area (Å²) < 4.78 is 5.50. The minimum atomic E-state index is -0.0227. The van der Waals surface area contributed by atoms with Crippen molar-refractivity contribution in [3.8, 4) is 0 Å². The van der Waals surface area contributed by atoms with Gasteiger partial charge in [-0.15, -0.1) is 0 Å². The van der Waals surface area contributed by atoms with Crippen molar-refractivity contribution in [1.29, 1.82) is 0 Å². The van der Waals surface area contributed by atoms with Crippen LogP contribution >= 0.6 is 0 Å². The number of hydrogen-bond donors (Lipinski definition) is 2. The Morgan fingerprint density at radius 3 is 2.90 bits per heavy atom. The number of carbonyl (C=O) groups excluding carboxylic acids is 1. The molecular weight excluding hydrogens is 252 g/mol. The van der Waals surface area contributed by atoms with Gasteiger partial charge in [-0.25, -0.2) is 0 Å². The smallest absolute Gasteiger partial charge is 0.224 e. The Morgan fingerprint density at radius 1 is 1.50 bits per heavy atom. The van der Waals surface area contributed by atoms with E-state index in [1.165, 1.54) is 0 Å². The van der Waals surface area contributed by atoms with E-state index in [4.69, 9.17) is 10.5 Å². The Bertz CT molecular complexity index is 454. The van der Waals surface area contributed by atoms with Crippen molar-refractivity contribution >= 4 is 11.6 Å². The molecular formula is C16H24N2O2. The summed E-state index contributed by atoms with van der Waals surface area (Å²) in [5, 5.41) is 2.95. The Balaban J connectivity index is 1.79. The van der Waals surface area contributed by atoms with E-state index < -0.39 is 0 Å². The predicted molar refractivity (Wildman–Crippen MR) is 80.4 cm³/mol. The second-order valence-corrected chi connectivity index (χ2v) is 5.58. The quantitative estimate of drug-likeness (QED) is 0.839. The highest BCUT2D eigenvalue weighted by Crippen LogP contribution is 2.32. The number of ether oxygens (including phenoxy) is 1. The van der Waals surface area contributed by atoms with Crippen LogP contribution in [0.5, 0.6) is 0 Å². The van der Waals surface area contributed by atoms with Crippen molar-refractivity contribution < 1.29 is 9.53 Å². The fraction of sp³-hybridized carbons (Fsp3) is 0.562. The topological polar surface area (TPSA) is 64.3 Å². The summed E-state index contributed by atoms with van der Waals surface area (Å²) in [6.45, 7) is 4.70. The Labute approximate surface area is 120 Å². The van der Waals surface area contributed by atoms with Crippen LogP contribution in [0.25, 0.3) is 0 Å². The van der Waals surface area contributed by atoms with E-state index in [2.05, 4.69) is 5.32 Å². The van der Waals surface area contributed by atoms with E-state index in [1.54, 1.807) is 0 Å². The average Bonchev–Trinajstić information content (AvgIpc) is 2.36. The molecule has 3 N–H and O–H groups in total. The third kappa shape index (κ3) is 4.05. The summed E-state index contributed by atoms with van der Waals surface area (Å²) in [4.78, 5) is 12.0. The van der Waals surface area contributed by atoms with Gasteiger partial charge in [0, 0.05) is 24.8 Å². The van der Waals surface area contributed by atoms with E-state index in [0.717, 1.165) is 30.7 Å². The van der Waals surface area contributed by atoms with E-state index >= 15 is 0 Å². The van der Waals surface area contributed by atoms with Crippen LogP contribution < -0.4 is 11.1 Å². The zero-order valence-corrected chi connectivity index (χ0v) is 12.3. The number of amides is 1. The molecule has 0 radical (unpaired) electrons. The first-order valence-electron chi connectivity index (χ1n) is 7.35. The van der Waals surface area contributed by atoms with E-state index in [1.807, 2.05) is 38.1 Å². The summed E-state index contributed by atoms with van der Waals surface area (Å²) in [7, 11) is 0. The molecule has 1 aromatic carbocycles. The minimum Gasteiger partial charge on any atom is -0.378 e. The SMILES string of the molecule is CCOC1CC(CC(=O)Nc2cccc(C(C)N)c2)C1. The van der Waals surface area contributed by atoms with Crippen molar-refractivity contribution in [1.82, 2.24) is 0 Å². The highest BCUT2D eigenvalue weighted by atomic mass is 16.5. The molecule has 2 rings (SSSR count). The maximum Gasteiger partial charge on any atom is 0.224 e. The summed E-state index contributed by atoms with van der Waals surface area (Å²) in [5.74, 6) is 0.537. The zero-order valence-electron chi connectivity index (χ0n) is 12.3. The van der Waals surface area contributed by atoms with Gasteiger partial charge in [-0.1, -0.05) is 12.1 Å². The lowest BCUT2D eigenvalue weighted by molar-refractivity contribution is -0.119. The lowest BCUT2D eigenvalue weighted by atomic mass is 9.80. The highest BCUT2D eigenvalue weighted by Gasteiger charge is 2.30. The van der Waals surface area contributed by atoms with E-state index in [9.17, 15) is 4.79 Å². The molecule has 1 amide bonds. The van der Waals surface area contributed by atoms with Gasteiger partial charge in [0.2, 0.25) is 5.91 Å². The van der Waals surface area contributed by atoms with Crippen molar-refractivity contribution in [3.63, 3.8) is 0 Å². The van der Waals surface area contributed by atoms with Crippen molar-refractivity contribution in [2.45, 2.75) is 45.3 Å². The average molecular weight is 276 g/mol. The molecule has 1 fully saturated rings. The third-order valence-corrected chi connectivity index (χ3v) is 3.77. The molecule has 1 saturated carbocycles. The van der Waals surface area contributed by atoms with Crippen LogP contribution in [0.1, 0.15) is 44.7 Å². The van der Waals surface area contributed by atoms with E-state index in [-0.39, 0.29) is 11.9 Å². The number of nitrogens with two attached hydrogens (primary N) is 1. The second kappa shape index (κ2) is 6.86. The van der Waals surface area contributed by atoms with Crippen LogP contribution in [0.15, 0.2) is 24.3 Å². The first-order valence-corrected chi connectivity index (χ1v) is 7.35. The maximum atomic E-state index is 12.0. The van der Waals surface area contributed by atoms with Crippen LogP contribution in [-0.4, -0.2) is 18.6 Å². The molecule has 4 heteroatoms. The summed E-state index contributed by atoms with van der Waals surface area (Å²) in [5.41, 5.74) is 7.70. The molecule has 1 unspecified atom stereocenters. The first-order chi connectivity index (χ1) is 9.58. The van der Waals surface area contributed by atoms with E-state index in [0.29, 0.717) is 18.4 Å². The Morgan fingerprint density at radius 2 is 2.25 bits per heavy atom. The summed E-state index contributed by atoms with van der Waals surface area (Å²) in [6.07, 6.45) is 2.94. The molecule has 1 aliphatic carbocycles.